The van der Waals surface area contributed by atoms with Crippen LogP contribution in [0.4, 0.5) is 0 Å². The summed E-state index contributed by atoms with van der Waals surface area (Å²) >= 11 is 0. The van der Waals surface area contributed by atoms with Crippen LogP contribution in [0.3, 0.4) is 0 Å². The van der Waals surface area contributed by atoms with Crippen LogP contribution in [0.25, 0.3) is 0 Å². The zero-order valence-electron chi connectivity index (χ0n) is 15.3. The maximum absolute atomic E-state index is 12.3. The van der Waals surface area contributed by atoms with Gasteiger partial charge in [-0.25, -0.2) is 14.4 Å². The summed E-state index contributed by atoms with van der Waals surface area (Å²) in [6, 6.07) is 0. The minimum absolute atomic E-state index is 0.170. The largest absolute Gasteiger partial charge is 0.478 e. The highest BCUT2D eigenvalue weighted by Gasteiger charge is 2.44. The standard InChI is InChI=1S/C20H24O6/c1-5-12(3)19(23)25-15-9-11(2)7-6-8-14(18(21)22)10-16-17(15)13(4)20(24)26-16/h5,7,10,15-17H,4,6,8-9H2,1-3H3,(H,21,22)/b11-7-,12-5+,14-10-/t15-,16-,17-/m1/s1. The predicted molar refractivity (Wildman–Crippen MR) is 95.1 cm³/mol. The molecule has 1 saturated heterocycles. The third-order valence-electron chi connectivity index (χ3n) is 4.75. The molecule has 1 fully saturated rings. The van der Waals surface area contributed by atoms with E-state index in [0.717, 1.165) is 5.57 Å². The number of hydrogen-bond donors (Lipinski definition) is 1. The summed E-state index contributed by atoms with van der Waals surface area (Å²) in [6.07, 6.45) is 4.86. The Balaban J connectivity index is 2.45. The Labute approximate surface area is 152 Å². The van der Waals surface area contributed by atoms with Gasteiger partial charge in [0.25, 0.3) is 0 Å². The van der Waals surface area contributed by atoms with Crippen LogP contribution in [0.1, 0.15) is 40.0 Å². The number of aliphatic carboxylic acids is 1. The molecule has 2 aliphatic rings. The van der Waals surface area contributed by atoms with Crippen molar-refractivity contribution in [1.29, 1.82) is 0 Å². The monoisotopic (exact) mass is 360 g/mol. The van der Waals surface area contributed by atoms with Gasteiger partial charge < -0.3 is 14.6 Å². The average molecular weight is 360 g/mol. The van der Waals surface area contributed by atoms with Crippen molar-refractivity contribution in [2.45, 2.75) is 52.2 Å². The average Bonchev–Trinajstić information content (AvgIpc) is 2.86. The molecule has 0 aromatic carbocycles. The summed E-state index contributed by atoms with van der Waals surface area (Å²) in [5.41, 5.74) is 1.78. The molecule has 1 heterocycles. The summed E-state index contributed by atoms with van der Waals surface area (Å²) < 4.78 is 11.0. The van der Waals surface area contributed by atoms with Crippen molar-refractivity contribution in [3.8, 4) is 0 Å². The van der Waals surface area contributed by atoms with Crippen molar-refractivity contribution in [1.82, 2.24) is 0 Å². The van der Waals surface area contributed by atoms with Crippen LogP contribution in [0.5, 0.6) is 0 Å². The molecule has 1 aliphatic carbocycles. The first-order valence-corrected chi connectivity index (χ1v) is 8.57. The number of carbonyl (C=O) groups is 3. The number of carboxylic acid groups (broad SMARTS) is 1. The summed E-state index contributed by atoms with van der Waals surface area (Å²) in [7, 11) is 0. The quantitative estimate of drug-likeness (QED) is 0.472. The van der Waals surface area contributed by atoms with Gasteiger partial charge in [-0.1, -0.05) is 24.3 Å². The summed E-state index contributed by atoms with van der Waals surface area (Å²) in [6.45, 7) is 9.07. The number of carbonyl (C=O) groups excluding carboxylic acids is 2. The Hall–Kier alpha value is -2.63. The van der Waals surface area contributed by atoms with E-state index in [9.17, 15) is 19.5 Å². The lowest BCUT2D eigenvalue weighted by molar-refractivity contribution is -0.147. The van der Waals surface area contributed by atoms with E-state index in [2.05, 4.69) is 6.58 Å². The molecule has 6 heteroatoms. The molecule has 2 rings (SSSR count). The summed E-state index contributed by atoms with van der Waals surface area (Å²) in [5, 5.41) is 9.41. The number of carboxylic acids is 1. The molecule has 6 nitrogen and oxygen atoms in total. The van der Waals surface area contributed by atoms with Crippen LogP contribution < -0.4 is 0 Å². The number of hydrogen-bond acceptors (Lipinski definition) is 5. The van der Waals surface area contributed by atoms with Gasteiger partial charge in [-0.15, -0.1) is 0 Å². The molecular formula is C20H24O6. The Morgan fingerprint density at radius 3 is 2.73 bits per heavy atom. The second-order valence-electron chi connectivity index (χ2n) is 6.63. The highest BCUT2D eigenvalue weighted by molar-refractivity contribution is 5.92. The van der Waals surface area contributed by atoms with Crippen molar-refractivity contribution in [2.75, 3.05) is 0 Å². The van der Waals surface area contributed by atoms with Crippen LogP contribution >= 0.6 is 0 Å². The van der Waals surface area contributed by atoms with Crippen LogP contribution in [0.15, 0.2) is 47.1 Å². The first kappa shape index (κ1) is 19.7. The zero-order chi connectivity index (χ0) is 19.4. The highest BCUT2D eigenvalue weighted by Crippen LogP contribution is 2.36. The van der Waals surface area contributed by atoms with Crippen molar-refractivity contribution in [3.63, 3.8) is 0 Å². The van der Waals surface area contributed by atoms with Gasteiger partial charge in [0.15, 0.2) is 0 Å². The van der Waals surface area contributed by atoms with E-state index in [4.69, 9.17) is 9.47 Å². The fourth-order valence-corrected chi connectivity index (χ4v) is 3.11. The van der Waals surface area contributed by atoms with Crippen molar-refractivity contribution >= 4 is 17.9 Å². The van der Waals surface area contributed by atoms with Gasteiger partial charge in [0.05, 0.1) is 5.92 Å². The second-order valence-corrected chi connectivity index (χ2v) is 6.63. The molecule has 0 radical (unpaired) electrons. The van der Waals surface area contributed by atoms with E-state index >= 15 is 0 Å². The Morgan fingerprint density at radius 2 is 2.12 bits per heavy atom. The maximum Gasteiger partial charge on any atom is 0.334 e. The molecule has 3 atom stereocenters. The Kier molecular flexibility index (Phi) is 6.18. The molecule has 0 bridgehead atoms. The van der Waals surface area contributed by atoms with E-state index < -0.39 is 36.0 Å². The van der Waals surface area contributed by atoms with Gasteiger partial charge in [0.1, 0.15) is 12.2 Å². The first-order valence-electron chi connectivity index (χ1n) is 8.57. The minimum atomic E-state index is -1.05. The lowest BCUT2D eigenvalue weighted by Crippen LogP contribution is -2.34. The van der Waals surface area contributed by atoms with E-state index in [1.165, 1.54) is 6.08 Å². The first-order chi connectivity index (χ1) is 12.2. The van der Waals surface area contributed by atoms with Gasteiger partial charge in [-0.05, 0) is 39.7 Å². The minimum Gasteiger partial charge on any atom is -0.478 e. The molecule has 0 amide bonds. The van der Waals surface area contributed by atoms with Gasteiger partial charge in [-0.2, -0.15) is 0 Å². The van der Waals surface area contributed by atoms with Gasteiger partial charge in [0, 0.05) is 23.1 Å². The van der Waals surface area contributed by atoms with Crippen LogP contribution in [-0.4, -0.2) is 35.2 Å². The predicted octanol–water partition coefficient (Wildman–Crippen LogP) is 3.10. The zero-order valence-corrected chi connectivity index (χ0v) is 15.3. The van der Waals surface area contributed by atoms with Gasteiger partial charge in [0.2, 0.25) is 0 Å². The second kappa shape index (κ2) is 8.17. The molecule has 0 aromatic heterocycles. The smallest absolute Gasteiger partial charge is 0.334 e. The highest BCUT2D eigenvalue weighted by atomic mass is 16.6. The Bertz CT molecular complexity index is 725. The lowest BCUT2D eigenvalue weighted by atomic mass is 9.85. The molecule has 1 aliphatic heterocycles. The Morgan fingerprint density at radius 1 is 1.42 bits per heavy atom. The third kappa shape index (κ3) is 4.31. The van der Waals surface area contributed by atoms with Crippen molar-refractivity contribution in [3.05, 3.63) is 47.1 Å². The number of fused-ring (bicyclic) bond motifs is 1. The van der Waals surface area contributed by atoms with Crippen molar-refractivity contribution in [2.24, 2.45) is 5.92 Å². The normalized spacial score (nSPS) is 31.0. The van der Waals surface area contributed by atoms with E-state index in [1.54, 1.807) is 19.9 Å². The molecule has 0 unspecified atom stereocenters. The van der Waals surface area contributed by atoms with Gasteiger partial charge >= 0.3 is 17.9 Å². The third-order valence-corrected chi connectivity index (χ3v) is 4.75. The number of ether oxygens (including phenoxy) is 2. The summed E-state index contributed by atoms with van der Waals surface area (Å²) in [5.74, 6) is -2.74. The van der Waals surface area contributed by atoms with Gasteiger partial charge in [-0.3, -0.25) is 0 Å². The maximum atomic E-state index is 12.3. The van der Waals surface area contributed by atoms with Crippen molar-refractivity contribution < 1.29 is 29.0 Å². The van der Waals surface area contributed by atoms with Crippen LogP contribution in [0.2, 0.25) is 0 Å². The van der Waals surface area contributed by atoms with Crippen LogP contribution in [0, 0.1) is 5.92 Å². The molecule has 26 heavy (non-hydrogen) atoms. The molecule has 0 spiro atoms. The molecule has 1 N–H and O–H groups in total. The number of rotatable bonds is 3. The molecule has 0 aromatic rings. The van der Waals surface area contributed by atoms with Crippen LogP contribution in [-0.2, 0) is 23.9 Å². The fourth-order valence-electron chi connectivity index (χ4n) is 3.11. The number of esters is 2. The fraction of sp³-hybridized carbons (Fsp3) is 0.450. The SMILES string of the molecule is C=C1C(=O)O[C@@H]2/C=C(\C(=O)O)CC/C=C(/C)C[C@@H](OC(=O)/C(C)=C/C)[C@@H]12. The van der Waals surface area contributed by atoms with E-state index in [1.807, 2.05) is 13.0 Å². The van der Waals surface area contributed by atoms with E-state index in [-0.39, 0.29) is 11.1 Å². The molecule has 140 valence electrons. The molecular weight excluding hydrogens is 336 g/mol. The number of allylic oxidation sites excluding steroid dienone is 2. The summed E-state index contributed by atoms with van der Waals surface area (Å²) in [4.78, 5) is 35.8. The lowest BCUT2D eigenvalue weighted by Gasteiger charge is -2.27. The van der Waals surface area contributed by atoms with E-state index in [0.29, 0.717) is 24.8 Å². The molecule has 0 saturated carbocycles. The topological polar surface area (TPSA) is 89.9 Å².